The lowest BCUT2D eigenvalue weighted by Gasteiger charge is -2.32. The summed E-state index contributed by atoms with van der Waals surface area (Å²) in [5.41, 5.74) is -0.353. The second kappa shape index (κ2) is 9.87. The minimum atomic E-state index is -2.95. The average Bonchev–Trinajstić information content (AvgIpc) is 3.60. The van der Waals surface area contributed by atoms with Crippen molar-refractivity contribution in [1.29, 1.82) is 0 Å². The van der Waals surface area contributed by atoms with E-state index in [0.29, 0.717) is 28.9 Å². The number of rotatable bonds is 5. The Hall–Kier alpha value is -3.38. The molecule has 6 rings (SSSR count). The summed E-state index contributed by atoms with van der Waals surface area (Å²) in [6.07, 6.45) is 2.55. The van der Waals surface area contributed by atoms with Crippen molar-refractivity contribution >= 4 is 36.6 Å². The molecular formula is C30H36N4O6Si. The highest BCUT2D eigenvalue weighted by atomic mass is 28.4. The summed E-state index contributed by atoms with van der Waals surface area (Å²) in [7, 11) is -1.26. The van der Waals surface area contributed by atoms with Gasteiger partial charge in [0.1, 0.15) is 0 Å². The molecule has 2 fully saturated rings. The Labute approximate surface area is 239 Å². The quantitative estimate of drug-likeness (QED) is 0.447. The number of carbonyl (C=O) groups excluding carboxylic acids is 2. The van der Waals surface area contributed by atoms with E-state index in [4.69, 9.17) is 4.74 Å². The number of benzene rings is 2. The van der Waals surface area contributed by atoms with Crippen molar-refractivity contribution in [3.05, 3.63) is 64.6 Å². The molecule has 3 aliphatic rings. The molecule has 3 aromatic rings. The van der Waals surface area contributed by atoms with Crippen molar-refractivity contribution in [3.8, 4) is 5.69 Å². The molecule has 1 spiro atoms. The van der Waals surface area contributed by atoms with Gasteiger partial charge >= 0.3 is 0 Å². The van der Waals surface area contributed by atoms with Crippen LogP contribution in [-0.2, 0) is 19.9 Å². The van der Waals surface area contributed by atoms with Crippen LogP contribution in [0.2, 0.25) is 18.6 Å². The van der Waals surface area contributed by atoms with Crippen molar-refractivity contribution in [2.75, 3.05) is 25.1 Å². The molecule has 2 amide bonds. The molecule has 0 radical (unpaired) electrons. The van der Waals surface area contributed by atoms with E-state index in [9.17, 15) is 24.3 Å². The number of amides is 2. The largest absolute Gasteiger partial charge is 0.432 e. The van der Waals surface area contributed by atoms with Gasteiger partial charge in [-0.2, -0.15) is 9.78 Å². The lowest BCUT2D eigenvalue weighted by atomic mass is 9.82. The van der Waals surface area contributed by atoms with Crippen LogP contribution in [0.1, 0.15) is 31.7 Å². The van der Waals surface area contributed by atoms with E-state index in [2.05, 4.69) is 5.10 Å². The molecule has 0 saturated carbocycles. The fourth-order valence-electron chi connectivity index (χ4n) is 7.42. The van der Waals surface area contributed by atoms with Crippen LogP contribution < -0.4 is 10.5 Å². The smallest absolute Gasteiger partial charge is 0.279 e. The summed E-state index contributed by atoms with van der Waals surface area (Å²) >= 11 is 0. The Balaban J connectivity index is 1.44. The Morgan fingerprint density at radius 3 is 2.68 bits per heavy atom. The van der Waals surface area contributed by atoms with Gasteiger partial charge in [-0.25, -0.2) is 0 Å². The Morgan fingerprint density at radius 1 is 1.20 bits per heavy atom. The van der Waals surface area contributed by atoms with Gasteiger partial charge in [-0.15, -0.1) is 0 Å². The van der Waals surface area contributed by atoms with E-state index in [1.165, 1.54) is 4.68 Å². The van der Waals surface area contributed by atoms with Gasteiger partial charge in [-0.3, -0.25) is 14.4 Å². The molecule has 5 atom stereocenters. The number of aliphatic hydroxyl groups excluding tert-OH is 1. The lowest BCUT2D eigenvalue weighted by molar-refractivity contribution is -0.149. The number of aromatic nitrogens is 2. The second-order valence-corrected chi connectivity index (χ2v) is 16.1. The van der Waals surface area contributed by atoms with E-state index in [-0.39, 0.29) is 36.4 Å². The van der Waals surface area contributed by atoms with Crippen LogP contribution in [0.25, 0.3) is 16.5 Å². The summed E-state index contributed by atoms with van der Waals surface area (Å²) in [5.74, 6) is -0.839. The molecule has 2 aromatic carbocycles. The Morgan fingerprint density at radius 2 is 1.95 bits per heavy atom. The molecule has 2 N–H and O–H groups in total. The number of fused-ring (bicyclic) bond motifs is 3. The highest BCUT2D eigenvalue weighted by Crippen LogP contribution is 2.59. The summed E-state index contributed by atoms with van der Waals surface area (Å²) in [5, 5.41) is 15.4. The molecule has 2 saturated heterocycles. The molecule has 0 unspecified atom stereocenters. The molecule has 41 heavy (non-hydrogen) atoms. The predicted molar refractivity (Wildman–Crippen MR) is 156 cm³/mol. The van der Waals surface area contributed by atoms with E-state index < -0.39 is 31.5 Å². The number of likely N-dealkylation sites (tertiary alicyclic amines) is 1. The first-order valence-corrected chi connectivity index (χ1v) is 17.2. The molecule has 216 valence electrons. The van der Waals surface area contributed by atoms with Gasteiger partial charge in [0.05, 0.1) is 48.1 Å². The molecule has 10 nitrogen and oxygen atoms in total. The number of anilines is 1. The van der Waals surface area contributed by atoms with Crippen LogP contribution in [0.3, 0.4) is 0 Å². The SMILES string of the molecule is C[C@H]1[C@H]([Si](C)(C)O)[C@@H](CC(=O)N2CCC[C@H]2CO)O[C@]12C(=O)N(C)c1ccc(-n3ncc4ccccc4c3=O)cc12. The van der Waals surface area contributed by atoms with Crippen LogP contribution in [-0.4, -0.2) is 77.1 Å². The van der Waals surface area contributed by atoms with Gasteiger partial charge in [0, 0.05) is 36.0 Å². The summed E-state index contributed by atoms with van der Waals surface area (Å²) in [4.78, 5) is 55.6. The number of likely N-dealkylation sites (N-methyl/N-ethyl adjacent to an activating group) is 1. The lowest BCUT2D eigenvalue weighted by Crippen LogP contribution is -2.45. The highest BCUT2D eigenvalue weighted by Gasteiger charge is 2.66. The van der Waals surface area contributed by atoms with Crippen LogP contribution in [0, 0.1) is 5.92 Å². The zero-order valence-corrected chi connectivity index (χ0v) is 24.8. The number of hydrogen-bond acceptors (Lipinski definition) is 7. The van der Waals surface area contributed by atoms with E-state index in [1.807, 2.05) is 32.2 Å². The number of aliphatic hydroxyl groups is 1. The monoisotopic (exact) mass is 576 g/mol. The number of carbonyl (C=O) groups is 2. The van der Waals surface area contributed by atoms with Crippen LogP contribution in [0.15, 0.2) is 53.5 Å². The first-order chi connectivity index (χ1) is 19.5. The topological polar surface area (TPSA) is 125 Å². The first kappa shape index (κ1) is 27.8. The number of ether oxygens (including phenoxy) is 1. The zero-order valence-electron chi connectivity index (χ0n) is 23.8. The predicted octanol–water partition coefficient (Wildman–Crippen LogP) is 2.53. The average molecular weight is 577 g/mol. The molecule has 1 aromatic heterocycles. The first-order valence-electron chi connectivity index (χ1n) is 14.2. The zero-order chi connectivity index (χ0) is 29.3. The fraction of sp³-hybridized carbons (Fsp3) is 0.467. The Kier molecular flexibility index (Phi) is 6.68. The van der Waals surface area contributed by atoms with E-state index in [0.717, 1.165) is 18.2 Å². The van der Waals surface area contributed by atoms with Crippen molar-refractivity contribution < 1.29 is 24.2 Å². The Bertz CT molecular complexity index is 1600. The van der Waals surface area contributed by atoms with Gasteiger partial charge in [0.15, 0.2) is 13.9 Å². The third kappa shape index (κ3) is 4.17. The van der Waals surface area contributed by atoms with Gasteiger partial charge in [0.2, 0.25) is 5.91 Å². The molecule has 0 aliphatic carbocycles. The summed E-state index contributed by atoms with van der Waals surface area (Å²) in [6, 6.07) is 12.4. The third-order valence-electron chi connectivity index (χ3n) is 9.32. The third-order valence-corrected chi connectivity index (χ3v) is 11.8. The van der Waals surface area contributed by atoms with E-state index >= 15 is 0 Å². The van der Waals surface area contributed by atoms with Gasteiger partial charge < -0.3 is 24.4 Å². The highest BCUT2D eigenvalue weighted by molar-refractivity contribution is 6.71. The minimum Gasteiger partial charge on any atom is -0.432 e. The standard InChI is InChI=1S/C30H36N4O6Si/c1-18-27(41(3,4)39)25(15-26(36)33-13-7-9-21(33)17-35)40-30(18)23-14-20(11-12-24(23)32(2)29(30)38)34-28(37)22-10-6-5-8-19(22)16-31-34/h5-6,8,10-12,14,16,18,21,25,27,35,39H,7,9,13,15,17H2,1-4H3/t18-,21-,25+,27-,30+/m0/s1. The van der Waals surface area contributed by atoms with Crippen molar-refractivity contribution in [1.82, 2.24) is 14.7 Å². The summed E-state index contributed by atoms with van der Waals surface area (Å²) in [6.45, 7) is 6.03. The molecule has 4 heterocycles. The normalized spacial score (nSPS) is 27.8. The van der Waals surface area contributed by atoms with E-state index in [1.54, 1.807) is 53.4 Å². The molecule has 3 aliphatic heterocycles. The maximum absolute atomic E-state index is 14.1. The van der Waals surface area contributed by atoms with Gasteiger partial charge in [0.25, 0.3) is 11.5 Å². The van der Waals surface area contributed by atoms with Crippen molar-refractivity contribution in [2.45, 2.75) is 62.6 Å². The van der Waals surface area contributed by atoms with Crippen molar-refractivity contribution in [2.24, 2.45) is 5.92 Å². The fourth-order valence-corrected chi connectivity index (χ4v) is 9.97. The molecule has 0 bridgehead atoms. The van der Waals surface area contributed by atoms with Gasteiger partial charge in [-0.1, -0.05) is 25.1 Å². The van der Waals surface area contributed by atoms with Crippen molar-refractivity contribution in [3.63, 3.8) is 0 Å². The number of nitrogens with zero attached hydrogens (tertiary/aromatic N) is 4. The molecule has 11 heteroatoms. The summed E-state index contributed by atoms with van der Waals surface area (Å²) < 4.78 is 8.05. The minimum absolute atomic E-state index is 0.0158. The van der Waals surface area contributed by atoms with Crippen LogP contribution >= 0.6 is 0 Å². The molecular weight excluding hydrogens is 540 g/mol. The van der Waals surface area contributed by atoms with Crippen LogP contribution in [0.5, 0.6) is 0 Å². The second-order valence-electron chi connectivity index (χ2n) is 12.1. The number of hydrogen-bond donors (Lipinski definition) is 2. The van der Waals surface area contributed by atoms with Crippen LogP contribution in [0.4, 0.5) is 5.69 Å². The maximum Gasteiger partial charge on any atom is 0.279 e. The maximum atomic E-state index is 14.1. The van der Waals surface area contributed by atoms with Gasteiger partial charge in [-0.05, 0) is 50.2 Å².